The lowest BCUT2D eigenvalue weighted by Gasteiger charge is -2.22. The molecule has 0 unspecified atom stereocenters. The Morgan fingerprint density at radius 1 is 1.12 bits per heavy atom. The molecule has 0 radical (unpaired) electrons. The largest absolute Gasteiger partial charge is 0.381 e. The van der Waals surface area contributed by atoms with E-state index in [1.807, 2.05) is 47.0 Å². The van der Waals surface area contributed by atoms with E-state index in [0.717, 1.165) is 35.0 Å². The fourth-order valence-electron chi connectivity index (χ4n) is 4.80. The molecule has 0 saturated carbocycles. The molecule has 5 aromatic rings. The summed E-state index contributed by atoms with van der Waals surface area (Å²) in [5.74, 6) is 0.359. The van der Waals surface area contributed by atoms with Gasteiger partial charge in [0.15, 0.2) is 5.65 Å². The van der Waals surface area contributed by atoms with Crippen LogP contribution in [0.25, 0.3) is 39.0 Å². The first kappa shape index (κ1) is 20.4. The van der Waals surface area contributed by atoms with Gasteiger partial charge in [-0.1, -0.05) is 18.2 Å². The van der Waals surface area contributed by atoms with Crippen molar-refractivity contribution in [2.75, 3.05) is 13.2 Å². The molecule has 1 aromatic carbocycles. The molecule has 4 aromatic heterocycles. The minimum Gasteiger partial charge on any atom is -0.381 e. The topological polar surface area (TPSA) is 102 Å². The third-order valence-corrected chi connectivity index (χ3v) is 6.58. The quantitative estimate of drug-likeness (QED) is 0.445. The Balaban J connectivity index is 1.57. The fourth-order valence-corrected chi connectivity index (χ4v) is 4.80. The van der Waals surface area contributed by atoms with E-state index in [1.165, 1.54) is 0 Å². The molecule has 34 heavy (non-hydrogen) atoms. The monoisotopic (exact) mass is 450 g/mol. The second-order valence-electron chi connectivity index (χ2n) is 8.59. The number of hydrogen-bond acceptors (Lipinski definition) is 5. The normalized spacial score (nSPS) is 14.6. The van der Waals surface area contributed by atoms with Crippen LogP contribution in [0.3, 0.4) is 0 Å². The number of ether oxygens (including phenoxy) is 1. The number of para-hydroxylation sites is 1. The number of pyridine rings is 2. The zero-order valence-electron chi connectivity index (χ0n) is 18.4. The number of aromatic nitrogens is 5. The Bertz CT molecular complexity index is 1600. The lowest BCUT2D eigenvalue weighted by molar-refractivity contribution is 0.0613. The van der Waals surface area contributed by atoms with Crippen molar-refractivity contribution in [3.05, 3.63) is 77.1 Å². The Morgan fingerprint density at radius 3 is 2.74 bits per heavy atom. The molecule has 0 atom stereocenters. The summed E-state index contributed by atoms with van der Waals surface area (Å²) in [4.78, 5) is 25.9. The molecular weight excluding hydrogens is 428 g/mol. The van der Waals surface area contributed by atoms with Crippen LogP contribution >= 0.6 is 0 Å². The van der Waals surface area contributed by atoms with E-state index < -0.39 is 0 Å². The average Bonchev–Trinajstić information content (AvgIpc) is 3.47. The molecule has 8 heteroatoms. The standard InChI is InChI=1S/C26H22N6O2/c27-13-21-20-6-9-28-24(20)29-15-22(21)18-12-23-25(30-14-18)32(19-4-2-1-3-5-19)26(33)31(23)16-17-7-10-34-11-8-17/h1-6,9,12,14-15,17H,7-8,10-11,16H2,(H,28,29). The molecule has 5 heterocycles. The summed E-state index contributed by atoms with van der Waals surface area (Å²) in [6.07, 6.45) is 7.02. The van der Waals surface area contributed by atoms with E-state index in [4.69, 9.17) is 9.72 Å². The number of imidazole rings is 1. The Morgan fingerprint density at radius 2 is 1.94 bits per heavy atom. The first-order valence-electron chi connectivity index (χ1n) is 11.4. The Hall–Kier alpha value is -4.22. The molecule has 0 bridgehead atoms. The molecule has 1 fully saturated rings. The molecule has 0 spiro atoms. The van der Waals surface area contributed by atoms with Crippen molar-refractivity contribution in [2.24, 2.45) is 5.92 Å². The van der Waals surface area contributed by atoms with Gasteiger partial charge in [0, 0.05) is 54.9 Å². The summed E-state index contributed by atoms with van der Waals surface area (Å²) in [6, 6.07) is 15.7. The van der Waals surface area contributed by atoms with E-state index in [0.29, 0.717) is 48.1 Å². The minimum absolute atomic E-state index is 0.114. The highest BCUT2D eigenvalue weighted by atomic mass is 16.5. The SMILES string of the molecule is N#Cc1c(-c2cnc3c(c2)n(CC2CCOCC2)c(=O)n3-c2ccccc2)cnc2[nH]ccc12. The van der Waals surface area contributed by atoms with Crippen LogP contribution in [0.4, 0.5) is 0 Å². The number of nitrogens with zero attached hydrogens (tertiary/aromatic N) is 5. The zero-order valence-corrected chi connectivity index (χ0v) is 18.4. The predicted octanol–water partition coefficient (Wildman–Crippen LogP) is 4.03. The van der Waals surface area contributed by atoms with Gasteiger partial charge in [0.05, 0.1) is 16.8 Å². The summed E-state index contributed by atoms with van der Waals surface area (Å²) in [7, 11) is 0. The van der Waals surface area contributed by atoms with Gasteiger partial charge in [-0.05, 0) is 43.0 Å². The maximum Gasteiger partial charge on any atom is 0.334 e. The van der Waals surface area contributed by atoms with Gasteiger partial charge in [0.2, 0.25) is 0 Å². The number of rotatable bonds is 4. The molecule has 1 aliphatic rings. The minimum atomic E-state index is -0.114. The Kier molecular flexibility index (Phi) is 4.97. The van der Waals surface area contributed by atoms with Crippen molar-refractivity contribution >= 4 is 22.2 Å². The van der Waals surface area contributed by atoms with E-state index >= 15 is 0 Å². The number of aromatic amines is 1. The number of H-pyrrole nitrogens is 1. The molecule has 8 nitrogen and oxygen atoms in total. The molecule has 1 N–H and O–H groups in total. The molecule has 0 aliphatic carbocycles. The van der Waals surface area contributed by atoms with E-state index in [2.05, 4.69) is 16.0 Å². The van der Waals surface area contributed by atoms with Gasteiger partial charge < -0.3 is 9.72 Å². The highest BCUT2D eigenvalue weighted by molar-refractivity contribution is 5.91. The maximum atomic E-state index is 13.7. The van der Waals surface area contributed by atoms with Crippen LogP contribution in [0, 0.1) is 17.2 Å². The lowest BCUT2D eigenvalue weighted by Crippen LogP contribution is -2.28. The predicted molar refractivity (Wildman–Crippen MR) is 129 cm³/mol. The van der Waals surface area contributed by atoms with Crippen molar-refractivity contribution < 1.29 is 4.74 Å². The molecule has 0 amide bonds. The highest BCUT2D eigenvalue weighted by Crippen LogP contribution is 2.30. The Labute approximate surface area is 195 Å². The number of nitriles is 1. The van der Waals surface area contributed by atoms with Crippen molar-refractivity contribution in [3.63, 3.8) is 0 Å². The van der Waals surface area contributed by atoms with Crippen LogP contribution in [-0.4, -0.2) is 37.3 Å². The number of hydrogen-bond donors (Lipinski definition) is 1. The van der Waals surface area contributed by atoms with Crippen molar-refractivity contribution in [1.82, 2.24) is 24.1 Å². The molecule has 168 valence electrons. The molecular formula is C26H22N6O2. The first-order valence-corrected chi connectivity index (χ1v) is 11.4. The number of benzene rings is 1. The van der Waals surface area contributed by atoms with Gasteiger partial charge in [-0.15, -0.1) is 0 Å². The van der Waals surface area contributed by atoms with Crippen LogP contribution in [0.5, 0.6) is 0 Å². The summed E-state index contributed by atoms with van der Waals surface area (Å²) in [5, 5.41) is 10.7. The lowest BCUT2D eigenvalue weighted by atomic mass is 10.00. The van der Waals surface area contributed by atoms with E-state index in [1.54, 1.807) is 23.2 Å². The summed E-state index contributed by atoms with van der Waals surface area (Å²) >= 11 is 0. The maximum absolute atomic E-state index is 13.7. The third-order valence-electron chi connectivity index (χ3n) is 6.58. The summed E-state index contributed by atoms with van der Waals surface area (Å²) in [6.45, 7) is 2.03. The molecule has 1 saturated heterocycles. The van der Waals surface area contributed by atoms with Gasteiger partial charge in [0.25, 0.3) is 0 Å². The second-order valence-corrected chi connectivity index (χ2v) is 8.59. The van der Waals surface area contributed by atoms with Crippen molar-refractivity contribution in [3.8, 4) is 22.9 Å². The van der Waals surface area contributed by atoms with Crippen LogP contribution < -0.4 is 5.69 Å². The smallest absolute Gasteiger partial charge is 0.334 e. The van der Waals surface area contributed by atoms with Gasteiger partial charge in [-0.2, -0.15) is 5.26 Å². The van der Waals surface area contributed by atoms with Crippen LogP contribution in [-0.2, 0) is 11.3 Å². The average molecular weight is 451 g/mol. The first-order chi connectivity index (χ1) is 16.7. The van der Waals surface area contributed by atoms with Crippen molar-refractivity contribution in [2.45, 2.75) is 19.4 Å². The third kappa shape index (κ3) is 3.29. The molecule has 6 rings (SSSR count). The fraction of sp³-hybridized carbons (Fsp3) is 0.231. The van der Waals surface area contributed by atoms with Gasteiger partial charge in [-0.25, -0.2) is 19.3 Å². The van der Waals surface area contributed by atoms with Crippen LogP contribution in [0.2, 0.25) is 0 Å². The second kappa shape index (κ2) is 8.28. The van der Waals surface area contributed by atoms with E-state index in [-0.39, 0.29) is 5.69 Å². The number of fused-ring (bicyclic) bond motifs is 2. The highest BCUT2D eigenvalue weighted by Gasteiger charge is 2.22. The van der Waals surface area contributed by atoms with Crippen LogP contribution in [0.15, 0.2) is 65.8 Å². The van der Waals surface area contributed by atoms with Crippen molar-refractivity contribution in [1.29, 1.82) is 5.26 Å². The van der Waals surface area contributed by atoms with Gasteiger partial charge >= 0.3 is 5.69 Å². The molecule has 1 aliphatic heterocycles. The number of nitrogens with one attached hydrogen (secondary N) is 1. The van der Waals surface area contributed by atoms with Crippen LogP contribution in [0.1, 0.15) is 18.4 Å². The summed E-state index contributed by atoms with van der Waals surface area (Å²) in [5.41, 5.74) is 4.66. The summed E-state index contributed by atoms with van der Waals surface area (Å²) < 4.78 is 9.00. The van der Waals surface area contributed by atoms with Gasteiger partial charge in [-0.3, -0.25) is 4.57 Å². The van der Waals surface area contributed by atoms with E-state index in [9.17, 15) is 10.1 Å². The zero-order chi connectivity index (χ0) is 23.1. The van der Waals surface area contributed by atoms with Gasteiger partial charge in [0.1, 0.15) is 11.7 Å².